The predicted octanol–water partition coefficient (Wildman–Crippen LogP) is 3.71. The van der Waals surface area contributed by atoms with Gasteiger partial charge in [-0.15, -0.1) is 0 Å². The standard InChI is InChI=1S/C21H22N4O2/c1-15-14-20-22-21(18-6-4-5-7-19(18)25(20)23-15)24(2)12-13-27-17-10-8-16(26-3)9-11-17/h4-11,14H,12-13H2,1-3H3. The number of aromatic nitrogens is 3. The van der Waals surface area contributed by atoms with Crippen molar-refractivity contribution in [3.05, 3.63) is 60.3 Å². The third-order valence-corrected chi connectivity index (χ3v) is 4.52. The van der Waals surface area contributed by atoms with Gasteiger partial charge in [0.15, 0.2) is 5.65 Å². The van der Waals surface area contributed by atoms with E-state index in [2.05, 4.69) is 22.1 Å². The van der Waals surface area contributed by atoms with Crippen LogP contribution in [0.1, 0.15) is 5.69 Å². The molecule has 0 radical (unpaired) electrons. The molecule has 0 saturated carbocycles. The maximum Gasteiger partial charge on any atom is 0.158 e. The second-order valence-corrected chi connectivity index (χ2v) is 6.45. The zero-order valence-corrected chi connectivity index (χ0v) is 15.7. The molecule has 0 spiro atoms. The third-order valence-electron chi connectivity index (χ3n) is 4.52. The molecule has 0 atom stereocenters. The van der Waals surface area contributed by atoms with Gasteiger partial charge in [-0.25, -0.2) is 9.50 Å². The average Bonchev–Trinajstić information content (AvgIpc) is 3.08. The first-order valence-electron chi connectivity index (χ1n) is 8.89. The second kappa shape index (κ2) is 7.15. The summed E-state index contributed by atoms with van der Waals surface area (Å²) in [6.45, 7) is 3.25. The molecule has 0 aliphatic heterocycles. The minimum atomic E-state index is 0.558. The number of para-hydroxylation sites is 1. The lowest BCUT2D eigenvalue weighted by Crippen LogP contribution is -2.25. The molecule has 4 aromatic rings. The van der Waals surface area contributed by atoms with Gasteiger partial charge in [0.25, 0.3) is 0 Å². The Kier molecular flexibility index (Phi) is 4.54. The highest BCUT2D eigenvalue weighted by Gasteiger charge is 2.13. The van der Waals surface area contributed by atoms with Gasteiger partial charge in [0.05, 0.1) is 24.9 Å². The summed E-state index contributed by atoms with van der Waals surface area (Å²) in [6.07, 6.45) is 0. The number of ether oxygens (including phenoxy) is 2. The number of hydrogen-bond donors (Lipinski definition) is 0. The Morgan fingerprint density at radius 2 is 1.78 bits per heavy atom. The van der Waals surface area contributed by atoms with E-state index in [0.29, 0.717) is 13.2 Å². The Bertz CT molecular complexity index is 1070. The first-order valence-corrected chi connectivity index (χ1v) is 8.89. The van der Waals surface area contributed by atoms with E-state index >= 15 is 0 Å². The quantitative estimate of drug-likeness (QED) is 0.523. The number of fused-ring (bicyclic) bond motifs is 3. The van der Waals surface area contributed by atoms with Crippen LogP contribution >= 0.6 is 0 Å². The highest BCUT2D eigenvalue weighted by Crippen LogP contribution is 2.25. The maximum absolute atomic E-state index is 5.86. The lowest BCUT2D eigenvalue weighted by atomic mass is 10.2. The molecule has 6 nitrogen and oxygen atoms in total. The molecule has 0 fully saturated rings. The SMILES string of the molecule is COc1ccc(OCCN(C)c2nc3cc(C)nn3c3ccccc23)cc1. The van der Waals surface area contributed by atoms with Crippen molar-refractivity contribution in [3.8, 4) is 11.5 Å². The third kappa shape index (κ3) is 3.38. The lowest BCUT2D eigenvalue weighted by molar-refractivity contribution is 0.325. The van der Waals surface area contributed by atoms with E-state index in [9.17, 15) is 0 Å². The summed E-state index contributed by atoms with van der Waals surface area (Å²) in [5.74, 6) is 2.57. The largest absolute Gasteiger partial charge is 0.497 e. The fraction of sp³-hybridized carbons (Fsp3) is 0.238. The zero-order valence-electron chi connectivity index (χ0n) is 15.7. The summed E-state index contributed by atoms with van der Waals surface area (Å²) in [6, 6.07) is 17.8. The molecule has 138 valence electrons. The molecule has 27 heavy (non-hydrogen) atoms. The number of methoxy groups -OCH3 is 1. The summed E-state index contributed by atoms with van der Waals surface area (Å²) in [5, 5.41) is 5.63. The molecule has 2 heterocycles. The summed E-state index contributed by atoms with van der Waals surface area (Å²) >= 11 is 0. The Hall–Kier alpha value is -3.28. The Labute approximate surface area is 158 Å². The maximum atomic E-state index is 5.86. The van der Waals surface area contributed by atoms with Gasteiger partial charge in [-0.05, 0) is 43.3 Å². The van der Waals surface area contributed by atoms with Gasteiger partial charge in [0.1, 0.15) is 23.9 Å². The number of nitrogens with zero attached hydrogens (tertiary/aromatic N) is 4. The molecular weight excluding hydrogens is 340 g/mol. The van der Waals surface area contributed by atoms with Crippen LogP contribution in [0.5, 0.6) is 11.5 Å². The van der Waals surface area contributed by atoms with Crippen LogP contribution in [0.2, 0.25) is 0 Å². The predicted molar refractivity (Wildman–Crippen MR) is 107 cm³/mol. The van der Waals surface area contributed by atoms with Crippen molar-refractivity contribution in [1.82, 2.24) is 14.6 Å². The van der Waals surface area contributed by atoms with Crippen LogP contribution in [-0.4, -0.2) is 41.9 Å². The molecule has 2 aromatic heterocycles. The molecule has 0 aliphatic carbocycles. The van der Waals surface area contributed by atoms with Gasteiger partial charge >= 0.3 is 0 Å². The normalized spacial score (nSPS) is 11.1. The second-order valence-electron chi connectivity index (χ2n) is 6.45. The molecule has 0 amide bonds. The van der Waals surface area contributed by atoms with Crippen molar-refractivity contribution in [3.63, 3.8) is 0 Å². The fourth-order valence-corrected chi connectivity index (χ4v) is 3.13. The molecule has 0 aliphatic rings. The van der Waals surface area contributed by atoms with E-state index in [1.54, 1.807) is 7.11 Å². The average molecular weight is 362 g/mol. The van der Waals surface area contributed by atoms with Crippen LogP contribution in [0, 0.1) is 6.92 Å². The highest BCUT2D eigenvalue weighted by atomic mass is 16.5. The Morgan fingerprint density at radius 1 is 1.04 bits per heavy atom. The van der Waals surface area contributed by atoms with Crippen molar-refractivity contribution in [1.29, 1.82) is 0 Å². The van der Waals surface area contributed by atoms with Crippen LogP contribution < -0.4 is 14.4 Å². The summed E-state index contributed by atoms with van der Waals surface area (Å²) < 4.78 is 12.9. The number of rotatable bonds is 6. The van der Waals surface area contributed by atoms with Gasteiger partial charge in [0.2, 0.25) is 0 Å². The van der Waals surface area contributed by atoms with E-state index < -0.39 is 0 Å². The number of aryl methyl sites for hydroxylation is 1. The highest BCUT2D eigenvalue weighted by molar-refractivity contribution is 5.91. The van der Waals surface area contributed by atoms with Crippen LogP contribution in [-0.2, 0) is 0 Å². The number of likely N-dealkylation sites (N-methyl/N-ethyl adjacent to an activating group) is 1. The molecule has 6 heteroatoms. The van der Waals surface area contributed by atoms with Crippen LogP contribution in [0.3, 0.4) is 0 Å². The monoisotopic (exact) mass is 362 g/mol. The van der Waals surface area contributed by atoms with Gasteiger partial charge < -0.3 is 14.4 Å². The van der Waals surface area contributed by atoms with Crippen LogP contribution in [0.4, 0.5) is 5.82 Å². The molecular formula is C21H22N4O2. The molecule has 0 bridgehead atoms. The number of benzene rings is 2. The Balaban J connectivity index is 1.55. The first kappa shape index (κ1) is 17.1. The topological polar surface area (TPSA) is 51.9 Å². The van der Waals surface area contributed by atoms with E-state index in [4.69, 9.17) is 14.5 Å². The van der Waals surface area contributed by atoms with Crippen molar-refractivity contribution in [2.24, 2.45) is 0 Å². The van der Waals surface area contributed by atoms with Crippen molar-refractivity contribution < 1.29 is 9.47 Å². The number of hydrogen-bond acceptors (Lipinski definition) is 5. The van der Waals surface area contributed by atoms with Crippen LogP contribution in [0.15, 0.2) is 54.6 Å². The van der Waals surface area contributed by atoms with E-state index in [1.807, 2.05) is 61.0 Å². The van der Waals surface area contributed by atoms with Gasteiger partial charge in [0, 0.05) is 18.5 Å². The van der Waals surface area contributed by atoms with Crippen molar-refractivity contribution in [2.45, 2.75) is 6.92 Å². The molecule has 0 N–H and O–H groups in total. The molecule has 2 aromatic carbocycles. The summed E-state index contributed by atoms with van der Waals surface area (Å²) in [5.41, 5.74) is 2.85. The number of anilines is 1. The van der Waals surface area contributed by atoms with E-state index in [0.717, 1.165) is 39.6 Å². The lowest BCUT2D eigenvalue weighted by Gasteiger charge is -2.20. The Morgan fingerprint density at radius 3 is 2.56 bits per heavy atom. The van der Waals surface area contributed by atoms with Crippen molar-refractivity contribution >= 4 is 22.4 Å². The van der Waals surface area contributed by atoms with E-state index in [1.165, 1.54) is 0 Å². The van der Waals surface area contributed by atoms with Gasteiger partial charge in [-0.2, -0.15) is 5.10 Å². The molecule has 4 rings (SSSR count). The van der Waals surface area contributed by atoms with Crippen LogP contribution in [0.25, 0.3) is 16.6 Å². The first-order chi connectivity index (χ1) is 13.2. The minimum absolute atomic E-state index is 0.558. The van der Waals surface area contributed by atoms with Gasteiger partial charge in [-0.3, -0.25) is 0 Å². The van der Waals surface area contributed by atoms with Crippen molar-refractivity contribution in [2.75, 3.05) is 32.2 Å². The molecule has 0 saturated heterocycles. The zero-order chi connectivity index (χ0) is 18.8. The minimum Gasteiger partial charge on any atom is -0.497 e. The molecule has 0 unspecified atom stereocenters. The fourth-order valence-electron chi connectivity index (χ4n) is 3.13. The van der Waals surface area contributed by atoms with Gasteiger partial charge in [-0.1, -0.05) is 12.1 Å². The summed E-state index contributed by atoms with van der Waals surface area (Å²) in [4.78, 5) is 6.95. The van der Waals surface area contributed by atoms with E-state index in [-0.39, 0.29) is 0 Å². The smallest absolute Gasteiger partial charge is 0.158 e. The summed E-state index contributed by atoms with van der Waals surface area (Å²) in [7, 11) is 3.69.